The van der Waals surface area contributed by atoms with Gasteiger partial charge in [0.25, 0.3) is 0 Å². The van der Waals surface area contributed by atoms with Crippen LogP contribution in [0, 0.1) is 0 Å². The molecule has 0 saturated heterocycles. The summed E-state index contributed by atoms with van der Waals surface area (Å²) in [5.41, 5.74) is 10.1. The van der Waals surface area contributed by atoms with E-state index >= 15 is 0 Å². The second-order valence-corrected chi connectivity index (χ2v) is 5.32. The lowest BCUT2D eigenvalue weighted by molar-refractivity contribution is 0.475. The normalized spacial score (nSPS) is 10.8. The largest absolute Gasteiger partial charge is 0.508 e. The van der Waals surface area contributed by atoms with Crippen LogP contribution in [0.25, 0.3) is 0 Å². The molecule has 1 aromatic heterocycles. The SMILES string of the molecule is NCc1cc(Cc2ccc(O)cc2)n(Cc2ccccc2)n1. The molecule has 2 aromatic carbocycles. The van der Waals surface area contributed by atoms with E-state index in [1.54, 1.807) is 12.1 Å². The van der Waals surface area contributed by atoms with Gasteiger partial charge in [-0.25, -0.2) is 0 Å². The quantitative estimate of drug-likeness (QED) is 0.760. The van der Waals surface area contributed by atoms with E-state index in [9.17, 15) is 5.11 Å². The van der Waals surface area contributed by atoms with Crippen LogP contribution in [0.4, 0.5) is 0 Å². The Morgan fingerprint density at radius 1 is 0.955 bits per heavy atom. The Morgan fingerprint density at radius 2 is 1.68 bits per heavy atom. The molecule has 1 heterocycles. The lowest BCUT2D eigenvalue weighted by atomic mass is 10.1. The molecule has 0 aliphatic carbocycles. The van der Waals surface area contributed by atoms with Crippen LogP contribution in [0.3, 0.4) is 0 Å². The van der Waals surface area contributed by atoms with Gasteiger partial charge in [-0.15, -0.1) is 0 Å². The number of aromatic nitrogens is 2. The minimum absolute atomic E-state index is 0.282. The zero-order chi connectivity index (χ0) is 15.4. The molecule has 4 nitrogen and oxygen atoms in total. The van der Waals surface area contributed by atoms with E-state index in [0.29, 0.717) is 6.54 Å². The Balaban J connectivity index is 1.86. The third-order valence-electron chi connectivity index (χ3n) is 3.62. The van der Waals surface area contributed by atoms with Gasteiger partial charge in [0.05, 0.1) is 12.2 Å². The van der Waals surface area contributed by atoms with Gasteiger partial charge in [-0.3, -0.25) is 4.68 Å². The summed E-state index contributed by atoms with van der Waals surface area (Å²) in [5, 5.41) is 14.0. The van der Waals surface area contributed by atoms with Gasteiger partial charge in [-0.05, 0) is 29.3 Å². The molecule has 0 saturated carbocycles. The van der Waals surface area contributed by atoms with Crippen molar-refractivity contribution in [3.8, 4) is 5.75 Å². The molecule has 3 aromatic rings. The summed E-state index contributed by atoms with van der Waals surface area (Å²) in [6, 6.07) is 19.6. The Hall–Kier alpha value is -2.59. The number of rotatable bonds is 5. The molecule has 0 atom stereocenters. The monoisotopic (exact) mass is 293 g/mol. The van der Waals surface area contributed by atoms with Crippen molar-refractivity contribution in [3.63, 3.8) is 0 Å². The molecule has 4 heteroatoms. The number of phenols is 1. The van der Waals surface area contributed by atoms with Gasteiger partial charge in [0.1, 0.15) is 5.75 Å². The highest BCUT2D eigenvalue weighted by atomic mass is 16.3. The molecule has 0 spiro atoms. The lowest BCUT2D eigenvalue weighted by Crippen LogP contribution is -2.07. The average molecular weight is 293 g/mol. The smallest absolute Gasteiger partial charge is 0.115 e. The van der Waals surface area contributed by atoms with Crippen molar-refractivity contribution < 1.29 is 5.11 Å². The summed E-state index contributed by atoms with van der Waals surface area (Å²) in [5.74, 6) is 0.282. The molecule has 0 aliphatic heterocycles. The van der Waals surface area contributed by atoms with Crippen LogP contribution in [0.5, 0.6) is 5.75 Å². The molecule has 3 N–H and O–H groups in total. The molecule has 0 radical (unpaired) electrons. The van der Waals surface area contributed by atoms with Crippen LogP contribution in [0.2, 0.25) is 0 Å². The summed E-state index contributed by atoms with van der Waals surface area (Å²) in [6.45, 7) is 1.17. The minimum Gasteiger partial charge on any atom is -0.508 e. The predicted octanol–water partition coefficient (Wildman–Crippen LogP) is 2.69. The summed E-state index contributed by atoms with van der Waals surface area (Å²) in [6.07, 6.45) is 0.764. The third kappa shape index (κ3) is 3.35. The topological polar surface area (TPSA) is 64.1 Å². The van der Waals surface area contributed by atoms with Gasteiger partial charge < -0.3 is 10.8 Å². The zero-order valence-electron chi connectivity index (χ0n) is 12.3. The second kappa shape index (κ2) is 6.45. The van der Waals surface area contributed by atoms with Gasteiger partial charge in [-0.1, -0.05) is 42.5 Å². The average Bonchev–Trinajstić information content (AvgIpc) is 2.92. The Labute approximate surface area is 129 Å². The fourth-order valence-electron chi connectivity index (χ4n) is 2.47. The number of aromatic hydroxyl groups is 1. The molecule has 0 amide bonds. The number of benzene rings is 2. The van der Waals surface area contributed by atoms with Crippen molar-refractivity contribution in [2.45, 2.75) is 19.5 Å². The van der Waals surface area contributed by atoms with Crippen molar-refractivity contribution in [2.75, 3.05) is 0 Å². The summed E-state index contributed by atoms with van der Waals surface area (Å²) in [4.78, 5) is 0. The Bertz CT molecular complexity index is 733. The van der Waals surface area contributed by atoms with Gasteiger partial charge in [-0.2, -0.15) is 5.10 Å². The molecular formula is C18H19N3O. The van der Waals surface area contributed by atoms with E-state index in [1.165, 1.54) is 5.56 Å². The minimum atomic E-state index is 0.282. The van der Waals surface area contributed by atoms with Gasteiger partial charge in [0, 0.05) is 18.7 Å². The van der Waals surface area contributed by atoms with E-state index in [4.69, 9.17) is 5.73 Å². The van der Waals surface area contributed by atoms with Crippen LogP contribution in [0.1, 0.15) is 22.5 Å². The first-order valence-corrected chi connectivity index (χ1v) is 7.32. The molecule has 112 valence electrons. The second-order valence-electron chi connectivity index (χ2n) is 5.32. The van der Waals surface area contributed by atoms with Gasteiger partial charge in [0.15, 0.2) is 0 Å². The highest BCUT2D eigenvalue weighted by molar-refractivity contribution is 5.29. The number of nitrogens with two attached hydrogens (primary N) is 1. The first-order valence-electron chi connectivity index (χ1n) is 7.32. The maximum Gasteiger partial charge on any atom is 0.115 e. The van der Waals surface area contributed by atoms with Gasteiger partial charge >= 0.3 is 0 Å². The highest BCUT2D eigenvalue weighted by Gasteiger charge is 2.08. The fraction of sp³-hybridized carbons (Fsp3) is 0.167. The molecule has 0 bridgehead atoms. The third-order valence-corrected chi connectivity index (χ3v) is 3.62. The van der Waals surface area contributed by atoms with Crippen LogP contribution < -0.4 is 5.73 Å². The van der Waals surface area contributed by atoms with E-state index in [2.05, 4.69) is 23.3 Å². The van der Waals surface area contributed by atoms with Crippen LogP contribution in [-0.2, 0) is 19.5 Å². The number of hydrogen-bond donors (Lipinski definition) is 2. The van der Waals surface area contributed by atoms with Crippen LogP contribution in [-0.4, -0.2) is 14.9 Å². The molecular weight excluding hydrogens is 274 g/mol. The van der Waals surface area contributed by atoms with E-state index in [1.807, 2.05) is 35.0 Å². The molecule has 0 unspecified atom stereocenters. The maximum atomic E-state index is 9.38. The summed E-state index contributed by atoms with van der Waals surface area (Å²) >= 11 is 0. The Kier molecular flexibility index (Phi) is 4.21. The van der Waals surface area contributed by atoms with Crippen molar-refractivity contribution in [1.29, 1.82) is 0 Å². The summed E-state index contributed by atoms with van der Waals surface area (Å²) in [7, 11) is 0. The first-order chi connectivity index (χ1) is 10.7. The van der Waals surface area contributed by atoms with Crippen LogP contribution >= 0.6 is 0 Å². The molecule has 3 rings (SSSR count). The van der Waals surface area contributed by atoms with Crippen LogP contribution in [0.15, 0.2) is 60.7 Å². The molecule has 0 fully saturated rings. The predicted molar refractivity (Wildman–Crippen MR) is 86.6 cm³/mol. The fourth-order valence-corrected chi connectivity index (χ4v) is 2.47. The lowest BCUT2D eigenvalue weighted by Gasteiger charge is -2.08. The van der Waals surface area contributed by atoms with E-state index in [0.717, 1.165) is 29.9 Å². The van der Waals surface area contributed by atoms with Gasteiger partial charge in [0.2, 0.25) is 0 Å². The number of phenolic OH excluding ortho intramolecular Hbond substituents is 1. The maximum absolute atomic E-state index is 9.38. The highest BCUT2D eigenvalue weighted by Crippen LogP contribution is 2.16. The van der Waals surface area contributed by atoms with Crippen molar-refractivity contribution in [2.24, 2.45) is 5.73 Å². The zero-order valence-corrected chi connectivity index (χ0v) is 12.3. The van der Waals surface area contributed by atoms with E-state index < -0.39 is 0 Å². The van der Waals surface area contributed by atoms with E-state index in [-0.39, 0.29) is 5.75 Å². The standard InChI is InChI=1S/C18H19N3O/c19-12-16-11-17(10-14-6-8-18(22)9-7-14)21(20-16)13-15-4-2-1-3-5-15/h1-9,11,22H,10,12-13,19H2. The van der Waals surface area contributed by atoms with Crippen molar-refractivity contribution >= 4 is 0 Å². The molecule has 0 aliphatic rings. The first kappa shape index (κ1) is 14.4. The van der Waals surface area contributed by atoms with Crippen molar-refractivity contribution in [3.05, 3.63) is 83.2 Å². The molecule has 22 heavy (non-hydrogen) atoms. The Morgan fingerprint density at radius 3 is 2.36 bits per heavy atom. The number of hydrogen-bond acceptors (Lipinski definition) is 3. The summed E-state index contributed by atoms with van der Waals surface area (Å²) < 4.78 is 2.00. The number of nitrogens with zero attached hydrogens (tertiary/aromatic N) is 2. The van der Waals surface area contributed by atoms with Crippen molar-refractivity contribution in [1.82, 2.24) is 9.78 Å².